The van der Waals surface area contributed by atoms with Gasteiger partial charge in [0.2, 0.25) is 0 Å². The summed E-state index contributed by atoms with van der Waals surface area (Å²) in [4.78, 5) is 23.5. The number of ether oxygens (including phenoxy) is 1. The Balaban J connectivity index is 1.61. The number of halogens is 2. The number of rotatable bonds is 8. The Kier molecular flexibility index (Phi) is 7.40. The van der Waals surface area contributed by atoms with Crippen LogP contribution in [0.2, 0.25) is 0 Å². The van der Waals surface area contributed by atoms with E-state index in [4.69, 9.17) is 4.74 Å². The highest BCUT2D eigenvalue weighted by atomic mass is 32.2. The highest BCUT2D eigenvalue weighted by molar-refractivity contribution is 8.00. The van der Waals surface area contributed by atoms with Crippen LogP contribution in [0.1, 0.15) is 5.56 Å². The predicted molar refractivity (Wildman–Crippen MR) is 91.2 cm³/mol. The molecule has 0 aromatic heterocycles. The molecule has 25 heavy (non-hydrogen) atoms. The molecule has 132 valence electrons. The van der Waals surface area contributed by atoms with Crippen LogP contribution in [0.5, 0.6) is 0 Å². The quantitative estimate of drug-likeness (QED) is 0.577. The summed E-state index contributed by atoms with van der Waals surface area (Å²) in [5.74, 6) is -1.82. The Hall–Kier alpha value is -2.41. The molecule has 0 aliphatic rings. The smallest absolute Gasteiger partial charge is 0.316 e. The highest BCUT2D eigenvalue weighted by Crippen LogP contribution is 2.20. The van der Waals surface area contributed by atoms with Gasteiger partial charge in [0.15, 0.2) is 6.61 Å². The van der Waals surface area contributed by atoms with E-state index in [1.165, 1.54) is 18.2 Å². The minimum Gasteiger partial charge on any atom is -0.455 e. The minimum atomic E-state index is -0.595. The third kappa shape index (κ3) is 6.93. The van der Waals surface area contributed by atoms with Gasteiger partial charge in [-0.25, -0.2) is 8.78 Å². The number of amides is 1. The molecule has 0 unspecified atom stereocenters. The number of thioether (sulfide) groups is 1. The van der Waals surface area contributed by atoms with E-state index < -0.39 is 17.7 Å². The number of hydrogen-bond acceptors (Lipinski definition) is 4. The van der Waals surface area contributed by atoms with Crippen molar-refractivity contribution in [1.29, 1.82) is 0 Å². The lowest BCUT2D eigenvalue weighted by molar-refractivity contribution is -0.145. The van der Waals surface area contributed by atoms with Crippen molar-refractivity contribution in [2.45, 2.75) is 11.3 Å². The SMILES string of the molecule is O=C(COC(=O)CSc1ccccc1F)NCCc1ccc(F)cc1. The summed E-state index contributed by atoms with van der Waals surface area (Å²) in [5, 5.41) is 2.61. The lowest BCUT2D eigenvalue weighted by atomic mass is 10.1. The second-order valence-electron chi connectivity index (χ2n) is 5.11. The Morgan fingerprint density at radius 1 is 1.04 bits per heavy atom. The number of nitrogens with one attached hydrogen (secondary N) is 1. The van der Waals surface area contributed by atoms with Crippen molar-refractivity contribution >= 4 is 23.6 Å². The zero-order chi connectivity index (χ0) is 18.1. The van der Waals surface area contributed by atoms with Gasteiger partial charge in [-0.05, 0) is 36.2 Å². The van der Waals surface area contributed by atoms with Crippen molar-refractivity contribution in [1.82, 2.24) is 5.32 Å². The van der Waals surface area contributed by atoms with Crippen LogP contribution < -0.4 is 5.32 Å². The van der Waals surface area contributed by atoms with Gasteiger partial charge in [-0.1, -0.05) is 24.3 Å². The van der Waals surface area contributed by atoms with E-state index in [-0.39, 0.29) is 18.2 Å². The van der Waals surface area contributed by atoms with Crippen LogP contribution in [0.25, 0.3) is 0 Å². The molecule has 0 aliphatic carbocycles. The molecule has 2 aromatic carbocycles. The third-order valence-electron chi connectivity index (χ3n) is 3.20. The van der Waals surface area contributed by atoms with Gasteiger partial charge in [-0.15, -0.1) is 11.8 Å². The summed E-state index contributed by atoms with van der Waals surface area (Å²) >= 11 is 1.01. The van der Waals surface area contributed by atoms with Gasteiger partial charge in [-0.3, -0.25) is 9.59 Å². The third-order valence-corrected chi connectivity index (χ3v) is 4.22. The molecule has 0 spiro atoms. The fourth-order valence-corrected chi connectivity index (χ4v) is 2.67. The van der Waals surface area contributed by atoms with Gasteiger partial charge in [0.05, 0.1) is 5.75 Å². The van der Waals surface area contributed by atoms with Gasteiger partial charge in [0, 0.05) is 11.4 Å². The first-order valence-electron chi connectivity index (χ1n) is 7.58. The maximum Gasteiger partial charge on any atom is 0.316 e. The van der Waals surface area contributed by atoms with Crippen molar-refractivity contribution in [2.24, 2.45) is 0 Å². The normalized spacial score (nSPS) is 10.3. The van der Waals surface area contributed by atoms with Crippen LogP contribution in [0.4, 0.5) is 8.78 Å². The number of esters is 1. The van der Waals surface area contributed by atoms with Crippen LogP contribution >= 0.6 is 11.8 Å². The number of benzene rings is 2. The molecule has 1 N–H and O–H groups in total. The molecule has 0 radical (unpaired) electrons. The monoisotopic (exact) mass is 365 g/mol. The molecule has 0 saturated heterocycles. The fourth-order valence-electron chi connectivity index (χ4n) is 1.93. The lowest BCUT2D eigenvalue weighted by Gasteiger charge is -2.07. The molecule has 0 fully saturated rings. The highest BCUT2D eigenvalue weighted by Gasteiger charge is 2.09. The molecule has 7 heteroatoms. The Labute approximate surface area is 148 Å². The summed E-state index contributed by atoms with van der Waals surface area (Å²) < 4.78 is 31.0. The van der Waals surface area contributed by atoms with Crippen LogP contribution in [-0.4, -0.2) is 30.8 Å². The van der Waals surface area contributed by atoms with Crippen molar-refractivity contribution in [3.05, 3.63) is 65.7 Å². The summed E-state index contributed by atoms with van der Waals surface area (Å²) in [6.07, 6.45) is 0.545. The largest absolute Gasteiger partial charge is 0.455 e. The lowest BCUT2D eigenvalue weighted by Crippen LogP contribution is -2.30. The Morgan fingerprint density at radius 2 is 1.76 bits per heavy atom. The molecule has 0 saturated carbocycles. The van der Waals surface area contributed by atoms with Gasteiger partial charge >= 0.3 is 5.97 Å². The first-order valence-corrected chi connectivity index (χ1v) is 8.57. The Bertz CT molecular complexity index is 723. The Morgan fingerprint density at radius 3 is 2.48 bits per heavy atom. The molecular weight excluding hydrogens is 348 g/mol. The molecule has 0 bridgehead atoms. The van der Waals surface area contributed by atoms with E-state index in [1.54, 1.807) is 30.3 Å². The van der Waals surface area contributed by atoms with Crippen molar-refractivity contribution in [2.75, 3.05) is 18.9 Å². The van der Waals surface area contributed by atoms with E-state index in [0.717, 1.165) is 17.3 Å². The fraction of sp³-hybridized carbons (Fsp3) is 0.222. The van der Waals surface area contributed by atoms with Gasteiger partial charge < -0.3 is 10.1 Å². The standard InChI is InChI=1S/C18H17F2NO3S/c19-14-7-5-13(6-8-14)9-10-21-17(22)11-24-18(23)12-25-16-4-2-1-3-15(16)20/h1-8H,9-12H2,(H,21,22). The van der Waals surface area contributed by atoms with E-state index >= 15 is 0 Å². The van der Waals surface area contributed by atoms with Crippen LogP contribution in [-0.2, 0) is 20.7 Å². The average molecular weight is 365 g/mol. The van der Waals surface area contributed by atoms with E-state index in [0.29, 0.717) is 17.9 Å². The molecule has 0 atom stereocenters. The maximum atomic E-state index is 13.4. The summed E-state index contributed by atoms with van der Waals surface area (Å²) in [6, 6.07) is 12.1. The van der Waals surface area contributed by atoms with Gasteiger partial charge in [-0.2, -0.15) is 0 Å². The summed E-state index contributed by atoms with van der Waals surface area (Å²) in [7, 11) is 0. The summed E-state index contributed by atoms with van der Waals surface area (Å²) in [5.41, 5.74) is 0.889. The van der Waals surface area contributed by atoms with Gasteiger partial charge in [0.25, 0.3) is 5.91 Å². The molecular formula is C18H17F2NO3S. The molecule has 2 rings (SSSR count). The van der Waals surface area contributed by atoms with Crippen molar-refractivity contribution in [3.63, 3.8) is 0 Å². The zero-order valence-electron chi connectivity index (χ0n) is 13.3. The van der Waals surface area contributed by atoms with E-state index in [1.807, 2.05) is 0 Å². The summed E-state index contributed by atoms with van der Waals surface area (Å²) in [6.45, 7) is -0.0356. The van der Waals surface area contributed by atoms with Crippen molar-refractivity contribution < 1.29 is 23.1 Å². The zero-order valence-corrected chi connectivity index (χ0v) is 14.2. The number of hydrogen-bond donors (Lipinski definition) is 1. The molecule has 0 aliphatic heterocycles. The van der Waals surface area contributed by atoms with Crippen LogP contribution in [0.3, 0.4) is 0 Å². The van der Waals surface area contributed by atoms with Crippen LogP contribution in [0, 0.1) is 11.6 Å². The van der Waals surface area contributed by atoms with E-state index in [9.17, 15) is 18.4 Å². The molecule has 1 amide bonds. The first kappa shape index (κ1) is 18.9. The van der Waals surface area contributed by atoms with Crippen molar-refractivity contribution in [3.8, 4) is 0 Å². The molecule has 2 aromatic rings. The molecule has 4 nitrogen and oxygen atoms in total. The first-order chi connectivity index (χ1) is 12.0. The number of carbonyl (C=O) groups excluding carboxylic acids is 2. The van der Waals surface area contributed by atoms with Crippen LogP contribution in [0.15, 0.2) is 53.4 Å². The average Bonchev–Trinajstić information content (AvgIpc) is 2.61. The predicted octanol–water partition coefficient (Wildman–Crippen LogP) is 2.96. The minimum absolute atomic E-state index is 0.0796. The second kappa shape index (κ2) is 9.78. The van der Waals surface area contributed by atoms with E-state index in [2.05, 4.69) is 5.32 Å². The number of carbonyl (C=O) groups is 2. The topological polar surface area (TPSA) is 55.4 Å². The maximum absolute atomic E-state index is 13.4. The van der Waals surface area contributed by atoms with Gasteiger partial charge in [0.1, 0.15) is 11.6 Å². The molecule has 0 heterocycles. The second-order valence-corrected chi connectivity index (χ2v) is 6.12.